The van der Waals surface area contributed by atoms with Gasteiger partial charge in [0.2, 0.25) is 0 Å². The number of hydrogen-bond donors (Lipinski definition) is 1. The molecule has 0 spiro atoms. The Hall–Kier alpha value is -3.14. The van der Waals surface area contributed by atoms with Crippen LogP contribution in [0.2, 0.25) is 0 Å². The monoisotopic (exact) mass is 360 g/mol. The number of aromatic nitrogens is 1. The van der Waals surface area contributed by atoms with Crippen molar-refractivity contribution in [2.75, 3.05) is 12.4 Å². The number of methoxy groups -OCH3 is 1. The fourth-order valence-corrected chi connectivity index (χ4v) is 2.75. The molecule has 0 radical (unpaired) electrons. The van der Waals surface area contributed by atoms with Gasteiger partial charge in [-0.3, -0.25) is 9.78 Å². The van der Waals surface area contributed by atoms with Gasteiger partial charge in [-0.25, -0.2) is 0 Å². The summed E-state index contributed by atoms with van der Waals surface area (Å²) in [5, 5.41) is 2.95. The third kappa shape index (κ3) is 4.53. The highest BCUT2D eigenvalue weighted by atomic mass is 16.5. The van der Waals surface area contributed by atoms with Gasteiger partial charge in [-0.1, -0.05) is 45.0 Å². The van der Waals surface area contributed by atoms with Crippen molar-refractivity contribution in [3.63, 3.8) is 0 Å². The highest BCUT2D eigenvalue weighted by molar-refractivity contribution is 6.04. The first-order valence-electron chi connectivity index (χ1n) is 8.89. The lowest BCUT2D eigenvalue weighted by Crippen LogP contribution is -2.14. The maximum Gasteiger partial charge on any atom is 0.257 e. The van der Waals surface area contributed by atoms with Crippen molar-refractivity contribution < 1.29 is 9.53 Å². The molecule has 1 heterocycles. The molecule has 0 fully saturated rings. The fourth-order valence-electron chi connectivity index (χ4n) is 2.75. The molecule has 0 saturated carbocycles. The van der Waals surface area contributed by atoms with Gasteiger partial charge >= 0.3 is 0 Å². The second-order valence-electron chi connectivity index (χ2n) is 7.45. The van der Waals surface area contributed by atoms with Gasteiger partial charge in [0.1, 0.15) is 5.75 Å². The Balaban J connectivity index is 1.76. The van der Waals surface area contributed by atoms with E-state index in [1.807, 2.05) is 48.5 Å². The maximum absolute atomic E-state index is 12.6. The van der Waals surface area contributed by atoms with Gasteiger partial charge in [-0.2, -0.15) is 0 Å². The molecule has 4 nitrogen and oxygen atoms in total. The van der Waals surface area contributed by atoms with Crippen molar-refractivity contribution in [1.29, 1.82) is 0 Å². The molecule has 138 valence electrons. The van der Waals surface area contributed by atoms with Gasteiger partial charge in [0, 0.05) is 17.4 Å². The average molecular weight is 360 g/mol. The van der Waals surface area contributed by atoms with Gasteiger partial charge in [-0.15, -0.1) is 0 Å². The van der Waals surface area contributed by atoms with E-state index in [9.17, 15) is 4.79 Å². The number of carbonyl (C=O) groups excluding carboxylic acids is 1. The van der Waals surface area contributed by atoms with Gasteiger partial charge in [0.25, 0.3) is 5.91 Å². The first kappa shape index (κ1) is 18.6. The van der Waals surface area contributed by atoms with Crippen LogP contribution < -0.4 is 10.1 Å². The molecule has 3 rings (SSSR count). The summed E-state index contributed by atoms with van der Waals surface area (Å²) >= 11 is 0. The van der Waals surface area contributed by atoms with Crippen LogP contribution in [-0.4, -0.2) is 18.0 Å². The molecule has 3 aromatic rings. The zero-order chi connectivity index (χ0) is 19.4. The van der Waals surface area contributed by atoms with E-state index >= 15 is 0 Å². The lowest BCUT2D eigenvalue weighted by Gasteiger charge is -2.19. The van der Waals surface area contributed by atoms with Crippen molar-refractivity contribution in [2.24, 2.45) is 0 Å². The Kier molecular flexibility index (Phi) is 5.26. The minimum Gasteiger partial charge on any atom is -0.497 e. The van der Waals surface area contributed by atoms with E-state index in [1.54, 1.807) is 19.4 Å². The first-order valence-corrected chi connectivity index (χ1v) is 8.89. The van der Waals surface area contributed by atoms with Crippen molar-refractivity contribution >= 4 is 11.6 Å². The Morgan fingerprint density at radius 3 is 2.44 bits per heavy atom. The summed E-state index contributed by atoms with van der Waals surface area (Å²) in [6.07, 6.45) is 1.59. The molecule has 0 aliphatic heterocycles. The van der Waals surface area contributed by atoms with Crippen molar-refractivity contribution in [3.8, 4) is 17.0 Å². The molecular weight excluding hydrogens is 336 g/mol. The molecule has 1 amide bonds. The van der Waals surface area contributed by atoms with Crippen LogP contribution in [0.1, 0.15) is 36.7 Å². The lowest BCUT2D eigenvalue weighted by atomic mass is 9.87. The number of carbonyl (C=O) groups is 1. The Labute approximate surface area is 160 Å². The van der Waals surface area contributed by atoms with Crippen LogP contribution in [0, 0.1) is 0 Å². The number of pyridine rings is 1. The molecule has 0 atom stereocenters. The van der Waals surface area contributed by atoms with Crippen molar-refractivity contribution in [1.82, 2.24) is 4.98 Å². The number of benzene rings is 2. The number of nitrogens with zero attached hydrogens (tertiary/aromatic N) is 1. The van der Waals surface area contributed by atoms with Gasteiger partial charge in [0.05, 0.1) is 18.4 Å². The van der Waals surface area contributed by atoms with Crippen LogP contribution in [0.25, 0.3) is 11.3 Å². The molecular formula is C23H24N2O2. The van der Waals surface area contributed by atoms with E-state index in [-0.39, 0.29) is 11.3 Å². The number of anilines is 1. The standard InChI is InChI=1S/C23H24N2O2/c1-23(2,3)18-8-6-9-19(14-18)25-22(26)17-11-12-21(24-15-17)16-7-5-10-20(13-16)27-4/h5-15H,1-4H3,(H,25,26). The van der Waals surface area contributed by atoms with Crippen LogP contribution in [0.5, 0.6) is 5.75 Å². The number of hydrogen-bond acceptors (Lipinski definition) is 3. The SMILES string of the molecule is COc1cccc(-c2ccc(C(=O)Nc3cccc(C(C)(C)C)c3)cn2)c1. The summed E-state index contributed by atoms with van der Waals surface area (Å²) in [6, 6.07) is 19.2. The first-order chi connectivity index (χ1) is 12.9. The quantitative estimate of drug-likeness (QED) is 0.686. The third-order valence-corrected chi connectivity index (χ3v) is 4.38. The van der Waals surface area contributed by atoms with Gasteiger partial charge in [0.15, 0.2) is 0 Å². The normalized spacial score (nSPS) is 11.1. The third-order valence-electron chi connectivity index (χ3n) is 4.38. The minimum atomic E-state index is -0.175. The summed E-state index contributed by atoms with van der Waals surface area (Å²) in [7, 11) is 1.63. The van der Waals surface area contributed by atoms with Crippen LogP contribution in [-0.2, 0) is 5.41 Å². The summed E-state index contributed by atoms with van der Waals surface area (Å²) in [5.41, 5.74) is 4.24. The van der Waals surface area contributed by atoms with Crippen LogP contribution in [0.4, 0.5) is 5.69 Å². The lowest BCUT2D eigenvalue weighted by molar-refractivity contribution is 0.102. The van der Waals surface area contributed by atoms with E-state index < -0.39 is 0 Å². The number of amides is 1. The molecule has 0 bridgehead atoms. The molecule has 4 heteroatoms. The van der Waals surface area contributed by atoms with Gasteiger partial charge < -0.3 is 10.1 Å². The van der Waals surface area contributed by atoms with E-state index in [0.29, 0.717) is 5.56 Å². The van der Waals surface area contributed by atoms with E-state index in [2.05, 4.69) is 37.1 Å². The molecule has 0 unspecified atom stereocenters. The van der Waals surface area contributed by atoms with E-state index in [4.69, 9.17) is 4.74 Å². The molecule has 0 aliphatic carbocycles. The minimum absolute atomic E-state index is 0.0285. The predicted molar refractivity (Wildman–Crippen MR) is 109 cm³/mol. The molecule has 1 aromatic heterocycles. The Bertz CT molecular complexity index is 941. The summed E-state index contributed by atoms with van der Waals surface area (Å²) in [6.45, 7) is 6.44. The fraction of sp³-hybridized carbons (Fsp3) is 0.217. The van der Waals surface area contributed by atoms with Gasteiger partial charge in [-0.05, 0) is 47.4 Å². The smallest absolute Gasteiger partial charge is 0.257 e. The Morgan fingerprint density at radius 2 is 1.78 bits per heavy atom. The van der Waals surface area contributed by atoms with Crippen LogP contribution in [0.3, 0.4) is 0 Å². The largest absolute Gasteiger partial charge is 0.497 e. The highest BCUT2D eigenvalue weighted by Crippen LogP contribution is 2.25. The molecule has 0 aliphatic rings. The average Bonchev–Trinajstić information content (AvgIpc) is 2.67. The van der Waals surface area contributed by atoms with Crippen molar-refractivity contribution in [3.05, 3.63) is 78.0 Å². The summed E-state index contributed by atoms with van der Waals surface area (Å²) < 4.78 is 5.25. The molecule has 1 N–H and O–H groups in total. The maximum atomic E-state index is 12.6. The number of ether oxygens (including phenoxy) is 1. The van der Waals surface area contributed by atoms with Crippen molar-refractivity contribution in [2.45, 2.75) is 26.2 Å². The Morgan fingerprint density at radius 1 is 1.00 bits per heavy atom. The number of nitrogens with one attached hydrogen (secondary N) is 1. The second-order valence-corrected chi connectivity index (χ2v) is 7.45. The molecule has 2 aromatic carbocycles. The summed E-state index contributed by atoms with van der Waals surface area (Å²) in [4.78, 5) is 17.0. The zero-order valence-electron chi connectivity index (χ0n) is 16.1. The number of rotatable bonds is 4. The van der Waals surface area contributed by atoms with E-state index in [0.717, 1.165) is 22.7 Å². The summed E-state index contributed by atoms with van der Waals surface area (Å²) in [5.74, 6) is 0.598. The zero-order valence-corrected chi connectivity index (χ0v) is 16.1. The highest BCUT2D eigenvalue weighted by Gasteiger charge is 2.14. The van der Waals surface area contributed by atoms with Crippen LogP contribution in [0.15, 0.2) is 66.9 Å². The predicted octanol–water partition coefficient (Wildman–Crippen LogP) is 5.31. The topological polar surface area (TPSA) is 51.2 Å². The second kappa shape index (κ2) is 7.62. The molecule has 27 heavy (non-hydrogen) atoms. The van der Waals surface area contributed by atoms with E-state index in [1.165, 1.54) is 5.56 Å². The molecule has 0 saturated heterocycles. The van der Waals surface area contributed by atoms with Crippen LogP contribution >= 0.6 is 0 Å².